The summed E-state index contributed by atoms with van der Waals surface area (Å²) in [7, 11) is 0. The minimum atomic E-state index is 0.432. The molecule has 0 aliphatic carbocycles. The second kappa shape index (κ2) is 7.33. The summed E-state index contributed by atoms with van der Waals surface area (Å²) >= 11 is 3.42. The minimum absolute atomic E-state index is 0.432. The van der Waals surface area contributed by atoms with Crippen LogP contribution >= 0.6 is 15.9 Å². The van der Waals surface area contributed by atoms with Crippen molar-refractivity contribution in [1.29, 1.82) is 0 Å². The van der Waals surface area contributed by atoms with Crippen molar-refractivity contribution in [3.05, 3.63) is 28.5 Å². The first kappa shape index (κ1) is 14.9. The molecule has 4 nitrogen and oxygen atoms in total. The van der Waals surface area contributed by atoms with Crippen LogP contribution in [0, 0.1) is 0 Å². The Labute approximate surface area is 123 Å². The molecule has 0 amide bonds. The highest BCUT2D eigenvalue weighted by Crippen LogP contribution is 2.13. The first-order valence-electron chi connectivity index (χ1n) is 6.81. The van der Waals surface area contributed by atoms with Gasteiger partial charge in [0, 0.05) is 42.4 Å². The van der Waals surface area contributed by atoms with Crippen molar-refractivity contribution < 1.29 is 4.74 Å². The molecule has 1 aromatic rings. The SMILES string of the molecule is CC(C)NCC1COCCN1Cc1ccc(Br)cn1. The van der Waals surface area contributed by atoms with Crippen molar-refractivity contribution in [1.82, 2.24) is 15.2 Å². The molecule has 0 aromatic carbocycles. The van der Waals surface area contributed by atoms with Gasteiger partial charge >= 0.3 is 0 Å². The number of hydrogen-bond acceptors (Lipinski definition) is 4. The Balaban J connectivity index is 1.93. The standard InChI is InChI=1S/C14H22BrN3O/c1-11(2)16-8-14-10-19-6-5-18(14)9-13-4-3-12(15)7-17-13/h3-4,7,11,14,16H,5-6,8-10H2,1-2H3. The average molecular weight is 328 g/mol. The summed E-state index contributed by atoms with van der Waals surface area (Å²) in [6, 6.07) is 5.06. The number of aromatic nitrogens is 1. The fraction of sp³-hybridized carbons (Fsp3) is 0.643. The minimum Gasteiger partial charge on any atom is -0.378 e. The van der Waals surface area contributed by atoms with E-state index in [-0.39, 0.29) is 0 Å². The van der Waals surface area contributed by atoms with E-state index < -0.39 is 0 Å². The van der Waals surface area contributed by atoms with Crippen LogP contribution in [0.3, 0.4) is 0 Å². The lowest BCUT2D eigenvalue weighted by molar-refractivity contribution is -0.0120. The maximum Gasteiger partial charge on any atom is 0.0635 e. The predicted molar refractivity (Wildman–Crippen MR) is 80.1 cm³/mol. The molecule has 5 heteroatoms. The zero-order valence-corrected chi connectivity index (χ0v) is 13.2. The van der Waals surface area contributed by atoms with Gasteiger partial charge in [-0.05, 0) is 28.1 Å². The molecule has 1 aromatic heterocycles. The Morgan fingerprint density at radius 2 is 2.37 bits per heavy atom. The van der Waals surface area contributed by atoms with Crippen molar-refractivity contribution in [2.75, 3.05) is 26.3 Å². The molecule has 0 radical (unpaired) electrons. The molecule has 1 aliphatic rings. The third kappa shape index (κ3) is 4.84. The van der Waals surface area contributed by atoms with Crippen molar-refractivity contribution in [3.63, 3.8) is 0 Å². The van der Waals surface area contributed by atoms with Crippen molar-refractivity contribution in [2.24, 2.45) is 0 Å². The van der Waals surface area contributed by atoms with E-state index in [1.54, 1.807) is 0 Å². The molecule has 2 heterocycles. The maximum absolute atomic E-state index is 5.59. The van der Waals surface area contributed by atoms with Crippen LogP contribution in [-0.2, 0) is 11.3 Å². The van der Waals surface area contributed by atoms with Gasteiger partial charge in [0.25, 0.3) is 0 Å². The van der Waals surface area contributed by atoms with Crippen LogP contribution in [-0.4, -0.2) is 48.3 Å². The number of nitrogens with zero attached hydrogens (tertiary/aromatic N) is 2. The molecule has 0 spiro atoms. The molecule has 1 atom stereocenters. The molecule has 2 rings (SSSR count). The first-order chi connectivity index (χ1) is 9.15. The highest BCUT2D eigenvalue weighted by atomic mass is 79.9. The number of rotatable bonds is 5. The van der Waals surface area contributed by atoms with E-state index >= 15 is 0 Å². The monoisotopic (exact) mass is 327 g/mol. The zero-order chi connectivity index (χ0) is 13.7. The largest absolute Gasteiger partial charge is 0.378 e. The molecule has 1 aliphatic heterocycles. The predicted octanol–water partition coefficient (Wildman–Crippen LogP) is 2.04. The van der Waals surface area contributed by atoms with Crippen molar-refractivity contribution in [2.45, 2.75) is 32.5 Å². The van der Waals surface area contributed by atoms with E-state index in [9.17, 15) is 0 Å². The van der Waals surface area contributed by atoms with Crippen LogP contribution in [0.15, 0.2) is 22.8 Å². The number of ether oxygens (including phenoxy) is 1. The molecule has 1 fully saturated rings. The zero-order valence-electron chi connectivity index (χ0n) is 11.6. The lowest BCUT2D eigenvalue weighted by Gasteiger charge is -2.35. The highest BCUT2D eigenvalue weighted by Gasteiger charge is 2.23. The summed E-state index contributed by atoms with van der Waals surface area (Å²) in [6.07, 6.45) is 1.86. The molecule has 106 valence electrons. The Kier molecular flexibility index (Phi) is 5.76. The second-order valence-electron chi connectivity index (χ2n) is 5.23. The Bertz CT molecular complexity index is 383. The lowest BCUT2D eigenvalue weighted by atomic mass is 10.2. The molecule has 19 heavy (non-hydrogen) atoms. The summed E-state index contributed by atoms with van der Waals surface area (Å²) in [5, 5.41) is 3.49. The van der Waals surface area contributed by atoms with Gasteiger partial charge in [-0.15, -0.1) is 0 Å². The Hall–Kier alpha value is -0.490. The van der Waals surface area contributed by atoms with Gasteiger partial charge in [0.1, 0.15) is 0 Å². The van der Waals surface area contributed by atoms with E-state index in [2.05, 4.69) is 51.0 Å². The van der Waals surface area contributed by atoms with E-state index in [1.807, 2.05) is 12.3 Å². The Morgan fingerprint density at radius 3 is 3.05 bits per heavy atom. The van der Waals surface area contributed by atoms with Crippen molar-refractivity contribution >= 4 is 15.9 Å². The van der Waals surface area contributed by atoms with E-state index in [0.717, 1.165) is 43.0 Å². The fourth-order valence-electron chi connectivity index (χ4n) is 2.17. The van der Waals surface area contributed by atoms with Gasteiger partial charge in [-0.1, -0.05) is 13.8 Å². The van der Waals surface area contributed by atoms with Crippen LogP contribution in [0.25, 0.3) is 0 Å². The van der Waals surface area contributed by atoms with Gasteiger partial charge in [0.2, 0.25) is 0 Å². The molecular formula is C14H22BrN3O. The van der Waals surface area contributed by atoms with E-state index in [4.69, 9.17) is 4.74 Å². The van der Waals surface area contributed by atoms with Gasteiger partial charge in [-0.3, -0.25) is 9.88 Å². The van der Waals surface area contributed by atoms with Crippen LogP contribution in [0.4, 0.5) is 0 Å². The number of halogens is 1. The third-order valence-corrected chi connectivity index (χ3v) is 3.73. The van der Waals surface area contributed by atoms with Gasteiger partial charge in [-0.2, -0.15) is 0 Å². The molecule has 1 N–H and O–H groups in total. The van der Waals surface area contributed by atoms with E-state index in [0.29, 0.717) is 12.1 Å². The molecule has 0 saturated carbocycles. The normalized spacial score (nSPS) is 20.9. The maximum atomic E-state index is 5.59. The number of hydrogen-bond donors (Lipinski definition) is 1. The number of morpholine rings is 1. The number of pyridine rings is 1. The van der Waals surface area contributed by atoms with E-state index in [1.165, 1.54) is 0 Å². The molecule has 0 bridgehead atoms. The third-order valence-electron chi connectivity index (χ3n) is 3.26. The fourth-order valence-corrected chi connectivity index (χ4v) is 2.40. The van der Waals surface area contributed by atoms with Gasteiger partial charge < -0.3 is 10.1 Å². The van der Waals surface area contributed by atoms with Crippen LogP contribution < -0.4 is 5.32 Å². The summed E-state index contributed by atoms with van der Waals surface area (Å²) in [5.41, 5.74) is 1.11. The van der Waals surface area contributed by atoms with Gasteiger partial charge in [0.15, 0.2) is 0 Å². The van der Waals surface area contributed by atoms with Crippen molar-refractivity contribution in [3.8, 4) is 0 Å². The summed E-state index contributed by atoms with van der Waals surface area (Å²) < 4.78 is 6.62. The highest BCUT2D eigenvalue weighted by molar-refractivity contribution is 9.10. The first-order valence-corrected chi connectivity index (χ1v) is 7.60. The smallest absolute Gasteiger partial charge is 0.0635 e. The molecule has 1 saturated heterocycles. The quantitative estimate of drug-likeness (QED) is 0.898. The Morgan fingerprint density at radius 1 is 1.53 bits per heavy atom. The average Bonchev–Trinajstić information content (AvgIpc) is 2.40. The second-order valence-corrected chi connectivity index (χ2v) is 6.15. The summed E-state index contributed by atoms with van der Waals surface area (Å²) in [5.74, 6) is 0. The number of nitrogens with one attached hydrogen (secondary N) is 1. The van der Waals surface area contributed by atoms with Gasteiger partial charge in [-0.25, -0.2) is 0 Å². The van der Waals surface area contributed by atoms with Crippen LogP contribution in [0.2, 0.25) is 0 Å². The topological polar surface area (TPSA) is 37.4 Å². The van der Waals surface area contributed by atoms with Gasteiger partial charge in [0.05, 0.1) is 18.9 Å². The summed E-state index contributed by atoms with van der Waals surface area (Å²) in [4.78, 5) is 6.91. The summed E-state index contributed by atoms with van der Waals surface area (Å²) in [6.45, 7) is 8.79. The lowest BCUT2D eigenvalue weighted by Crippen LogP contribution is -2.50. The van der Waals surface area contributed by atoms with Crippen LogP contribution in [0.1, 0.15) is 19.5 Å². The van der Waals surface area contributed by atoms with Crippen LogP contribution in [0.5, 0.6) is 0 Å². The molecular weight excluding hydrogens is 306 g/mol. The molecule has 1 unspecified atom stereocenters.